The van der Waals surface area contributed by atoms with E-state index in [4.69, 9.17) is 22.9 Å². The van der Waals surface area contributed by atoms with Gasteiger partial charge in [-0.2, -0.15) is 0 Å². The van der Waals surface area contributed by atoms with E-state index < -0.39 is 0 Å². The second-order valence-corrected chi connectivity index (χ2v) is 6.87. The van der Waals surface area contributed by atoms with Crippen molar-refractivity contribution in [1.82, 2.24) is 4.98 Å². The largest absolute Gasteiger partial charge is 0.389 e. The van der Waals surface area contributed by atoms with Gasteiger partial charge in [0.25, 0.3) is 0 Å². The minimum Gasteiger partial charge on any atom is -0.389 e. The van der Waals surface area contributed by atoms with Gasteiger partial charge in [0.2, 0.25) is 0 Å². The van der Waals surface area contributed by atoms with Crippen LogP contribution in [0.15, 0.2) is 6.07 Å². The standard InChI is InChI=1S/C17H25N3S/c1-2-5-12-8-9-20(11-12)17-14(16(18)21)10-13-6-3-4-7-15(13)19-17/h10,12H,2-9,11H2,1H3,(H2,18,21). The fourth-order valence-electron chi connectivity index (χ4n) is 3.71. The Hall–Kier alpha value is -1.16. The Kier molecular flexibility index (Phi) is 4.43. The summed E-state index contributed by atoms with van der Waals surface area (Å²) in [5.41, 5.74) is 9.59. The van der Waals surface area contributed by atoms with Gasteiger partial charge >= 0.3 is 0 Å². The molecule has 3 nitrogen and oxygen atoms in total. The molecule has 1 saturated heterocycles. The summed E-state index contributed by atoms with van der Waals surface area (Å²) in [6.45, 7) is 4.46. The Morgan fingerprint density at radius 1 is 1.43 bits per heavy atom. The SMILES string of the molecule is CCCC1CCN(c2nc3c(cc2C(N)=S)CCCC3)C1. The molecule has 1 fully saturated rings. The summed E-state index contributed by atoms with van der Waals surface area (Å²) in [5.74, 6) is 1.84. The van der Waals surface area contributed by atoms with Crippen molar-refractivity contribution in [3.8, 4) is 0 Å². The van der Waals surface area contributed by atoms with Crippen molar-refractivity contribution in [2.45, 2.75) is 51.9 Å². The van der Waals surface area contributed by atoms with Crippen LogP contribution in [0.5, 0.6) is 0 Å². The quantitative estimate of drug-likeness (QED) is 0.867. The van der Waals surface area contributed by atoms with Gasteiger partial charge in [0, 0.05) is 18.8 Å². The number of fused-ring (bicyclic) bond motifs is 1. The molecule has 2 heterocycles. The number of pyridine rings is 1. The summed E-state index contributed by atoms with van der Waals surface area (Å²) >= 11 is 5.28. The van der Waals surface area contributed by atoms with Gasteiger partial charge in [0.1, 0.15) is 10.8 Å². The summed E-state index contributed by atoms with van der Waals surface area (Å²) < 4.78 is 0. The summed E-state index contributed by atoms with van der Waals surface area (Å²) in [5, 5.41) is 0. The van der Waals surface area contributed by atoms with Crippen molar-refractivity contribution in [2.75, 3.05) is 18.0 Å². The Balaban J connectivity index is 1.91. The van der Waals surface area contributed by atoms with Gasteiger partial charge < -0.3 is 10.6 Å². The molecule has 2 N–H and O–H groups in total. The minimum atomic E-state index is 0.491. The van der Waals surface area contributed by atoms with Crippen molar-refractivity contribution in [2.24, 2.45) is 11.7 Å². The zero-order valence-corrected chi connectivity index (χ0v) is 13.7. The van der Waals surface area contributed by atoms with E-state index in [-0.39, 0.29) is 0 Å². The molecule has 0 saturated carbocycles. The van der Waals surface area contributed by atoms with E-state index in [1.54, 1.807) is 0 Å². The van der Waals surface area contributed by atoms with Gasteiger partial charge in [-0.05, 0) is 56.1 Å². The monoisotopic (exact) mass is 303 g/mol. The third-order valence-electron chi connectivity index (χ3n) is 4.83. The average Bonchev–Trinajstić information content (AvgIpc) is 2.94. The predicted octanol–water partition coefficient (Wildman–Crippen LogP) is 3.22. The van der Waals surface area contributed by atoms with E-state index in [2.05, 4.69) is 17.9 Å². The fourth-order valence-corrected chi connectivity index (χ4v) is 3.86. The van der Waals surface area contributed by atoms with Crippen molar-refractivity contribution >= 4 is 23.0 Å². The number of anilines is 1. The summed E-state index contributed by atoms with van der Waals surface area (Å²) in [6, 6.07) is 2.21. The van der Waals surface area contributed by atoms with Crippen LogP contribution in [0.25, 0.3) is 0 Å². The van der Waals surface area contributed by atoms with Gasteiger partial charge in [-0.25, -0.2) is 4.98 Å². The lowest BCUT2D eigenvalue weighted by Crippen LogP contribution is -2.26. The Morgan fingerprint density at radius 3 is 3.00 bits per heavy atom. The van der Waals surface area contributed by atoms with Crippen LogP contribution >= 0.6 is 12.2 Å². The first-order chi connectivity index (χ1) is 10.2. The Labute approximate surface area is 132 Å². The highest BCUT2D eigenvalue weighted by molar-refractivity contribution is 7.80. The molecule has 114 valence electrons. The number of thiocarbonyl (C=S) groups is 1. The maximum absolute atomic E-state index is 5.97. The molecule has 1 atom stereocenters. The second kappa shape index (κ2) is 6.30. The maximum Gasteiger partial charge on any atom is 0.139 e. The lowest BCUT2D eigenvalue weighted by molar-refractivity contribution is 0.529. The molecule has 3 rings (SSSR count). The molecule has 2 aliphatic rings. The number of rotatable bonds is 4. The molecular formula is C17H25N3S. The number of nitrogens with zero attached hydrogens (tertiary/aromatic N) is 2. The first-order valence-corrected chi connectivity index (χ1v) is 8.67. The van der Waals surface area contributed by atoms with Crippen LogP contribution in [0.2, 0.25) is 0 Å². The zero-order chi connectivity index (χ0) is 14.8. The molecule has 1 aromatic heterocycles. The van der Waals surface area contributed by atoms with E-state index in [0.717, 1.165) is 43.2 Å². The van der Waals surface area contributed by atoms with Crippen molar-refractivity contribution in [3.63, 3.8) is 0 Å². The molecular weight excluding hydrogens is 278 g/mol. The molecule has 0 bridgehead atoms. The number of aromatic nitrogens is 1. The second-order valence-electron chi connectivity index (χ2n) is 6.43. The molecule has 0 amide bonds. The lowest BCUT2D eigenvalue weighted by Gasteiger charge is -2.24. The highest BCUT2D eigenvalue weighted by Gasteiger charge is 2.26. The fraction of sp³-hybridized carbons (Fsp3) is 0.647. The highest BCUT2D eigenvalue weighted by atomic mass is 32.1. The van der Waals surface area contributed by atoms with Crippen LogP contribution in [0.4, 0.5) is 5.82 Å². The Morgan fingerprint density at radius 2 is 2.24 bits per heavy atom. The molecule has 21 heavy (non-hydrogen) atoms. The Bertz CT molecular complexity index is 541. The lowest BCUT2D eigenvalue weighted by atomic mass is 9.94. The smallest absolute Gasteiger partial charge is 0.139 e. The average molecular weight is 303 g/mol. The van der Waals surface area contributed by atoms with E-state index in [0.29, 0.717) is 4.99 Å². The van der Waals surface area contributed by atoms with Crippen molar-refractivity contribution < 1.29 is 0 Å². The van der Waals surface area contributed by atoms with E-state index in [1.165, 1.54) is 43.4 Å². The topological polar surface area (TPSA) is 42.2 Å². The highest BCUT2D eigenvalue weighted by Crippen LogP contribution is 2.31. The van der Waals surface area contributed by atoms with E-state index in [1.807, 2.05) is 0 Å². The number of nitrogens with two attached hydrogens (primary N) is 1. The minimum absolute atomic E-state index is 0.491. The van der Waals surface area contributed by atoms with Crippen LogP contribution in [0.3, 0.4) is 0 Å². The van der Waals surface area contributed by atoms with Crippen molar-refractivity contribution in [3.05, 3.63) is 22.9 Å². The number of hydrogen-bond donors (Lipinski definition) is 1. The summed E-state index contributed by atoms with van der Waals surface area (Å²) in [4.78, 5) is 7.87. The molecule has 1 aliphatic carbocycles. The van der Waals surface area contributed by atoms with Gasteiger partial charge in [-0.1, -0.05) is 25.6 Å². The van der Waals surface area contributed by atoms with Crippen LogP contribution in [0.1, 0.15) is 55.8 Å². The van der Waals surface area contributed by atoms with E-state index in [9.17, 15) is 0 Å². The molecule has 0 spiro atoms. The van der Waals surface area contributed by atoms with Crippen LogP contribution in [-0.4, -0.2) is 23.1 Å². The number of hydrogen-bond acceptors (Lipinski definition) is 3. The van der Waals surface area contributed by atoms with Gasteiger partial charge in [0.15, 0.2) is 0 Å². The van der Waals surface area contributed by atoms with Crippen LogP contribution in [-0.2, 0) is 12.8 Å². The van der Waals surface area contributed by atoms with E-state index >= 15 is 0 Å². The normalized spacial score (nSPS) is 21.4. The first kappa shape index (κ1) is 14.8. The third kappa shape index (κ3) is 3.05. The van der Waals surface area contributed by atoms with Crippen LogP contribution in [0, 0.1) is 5.92 Å². The molecule has 1 aromatic rings. The molecule has 1 unspecified atom stereocenters. The summed E-state index contributed by atoms with van der Waals surface area (Å²) in [7, 11) is 0. The van der Waals surface area contributed by atoms with Gasteiger partial charge in [0.05, 0.1) is 5.56 Å². The summed E-state index contributed by atoms with van der Waals surface area (Å²) in [6.07, 6.45) is 8.58. The molecule has 0 aromatic carbocycles. The molecule has 0 radical (unpaired) electrons. The van der Waals surface area contributed by atoms with Crippen molar-refractivity contribution in [1.29, 1.82) is 0 Å². The first-order valence-electron chi connectivity index (χ1n) is 8.26. The maximum atomic E-state index is 5.97. The molecule has 4 heteroatoms. The van der Waals surface area contributed by atoms with Gasteiger partial charge in [-0.15, -0.1) is 0 Å². The zero-order valence-electron chi connectivity index (χ0n) is 12.9. The van der Waals surface area contributed by atoms with Crippen LogP contribution < -0.4 is 10.6 Å². The molecule has 1 aliphatic heterocycles. The predicted molar refractivity (Wildman–Crippen MR) is 92.0 cm³/mol. The number of aryl methyl sites for hydroxylation is 2. The third-order valence-corrected chi connectivity index (χ3v) is 5.05. The van der Waals surface area contributed by atoms with Gasteiger partial charge in [-0.3, -0.25) is 0 Å².